The fourth-order valence-corrected chi connectivity index (χ4v) is 1.66. The lowest BCUT2D eigenvalue weighted by molar-refractivity contribution is 0.280. The molecule has 0 aromatic heterocycles. The quantitative estimate of drug-likeness (QED) is 0.566. The van der Waals surface area contributed by atoms with Crippen LogP contribution in [0.25, 0.3) is 0 Å². The molecule has 2 N–H and O–H groups in total. The zero-order valence-corrected chi connectivity index (χ0v) is 10.7. The highest BCUT2D eigenvalue weighted by Gasteiger charge is 2.12. The summed E-state index contributed by atoms with van der Waals surface area (Å²) in [4.78, 5) is 1.80. The van der Waals surface area contributed by atoms with Gasteiger partial charge in [0.2, 0.25) is 6.19 Å². The zero-order chi connectivity index (χ0) is 14.1. The van der Waals surface area contributed by atoms with Crippen LogP contribution in [-0.4, -0.2) is 43.6 Å². The lowest BCUT2D eigenvalue weighted by Crippen LogP contribution is -2.29. The molecule has 0 aliphatic heterocycles. The highest BCUT2D eigenvalue weighted by Crippen LogP contribution is 2.32. The highest BCUT2D eigenvalue weighted by molar-refractivity contribution is 5.63. The lowest BCUT2D eigenvalue weighted by atomic mass is 10.2. The number of methoxy groups -OCH3 is 1. The molecule has 0 aliphatic carbocycles. The normalized spacial score (nSPS) is 10.4. The second-order valence-corrected chi connectivity index (χ2v) is 3.59. The van der Waals surface area contributed by atoms with E-state index in [0.717, 1.165) is 5.69 Å². The van der Waals surface area contributed by atoms with E-state index in [0.29, 0.717) is 24.5 Å². The summed E-state index contributed by atoms with van der Waals surface area (Å²) in [6.45, 7) is 0.712. The Hall–Kier alpha value is -2.17. The third-order valence-electron chi connectivity index (χ3n) is 2.45. The number of aliphatic hydroxyl groups excluding tert-OH is 2. The Kier molecular flexibility index (Phi) is 6.29. The van der Waals surface area contributed by atoms with Crippen molar-refractivity contribution < 1.29 is 14.9 Å². The molecule has 19 heavy (non-hydrogen) atoms. The highest BCUT2D eigenvalue weighted by atomic mass is 16.5. The van der Waals surface area contributed by atoms with Crippen molar-refractivity contribution in [2.24, 2.45) is 10.2 Å². The molecule has 1 aromatic carbocycles. The predicted molar refractivity (Wildman–Crippen MR) is 69.5 cm³/mol. The van der Waals surface area contributed by atoms with E-state index in [1.165, 1.54) is 7.11 Å². The van der Waals surface area contributed by atoms with E-state index in [4.69, 9.17) is 20.2 Å². The summed E-state index contributed by atoms with van der Waals surface area (Å²) in [7, 11) is 1.51. The minimum absolute atomic E-state index is 0.0287. The molecule has 1 rings (SSSR count). The summed E-state index contributed by atoms with van der Waals surface area (Å²) >= 11 is 0. The Labute approximate surface area is 111 Å². The number of azo groups is 1. The van der Waals surface area contributed by atoms with Gasteiger partial charge in [0.05, 0.1) is 31.7 Å². The largest absolute Gasteiger partial charge is 0.495 e. The first-order valence-corrected chi connectivity index (χ1v) is 5.71. The summed E-state index contributed by atoms with van der Waals surface area (Å²) < 4.78 is 5.25. The van der Waals surface area contributed by atoms with Crippen LogP contribution in [0, 0.1) is 11.5 Å². The number of nitrogens with zero attached hydrogens (tertiary/aromatic N) is 4. The molecule has 0 fully saturated rings. The molecule has 102 valence electrons. The molecule has 7 heteroatoms. The van der Waals surface area contributed by atoms with Crippen molar-refractivity contribution in [2.75, 3.05) is 38.3 Å². The Bertz CT molecular complexity index is 465. The van der Waals surface area contributed by atoms with Crippen molar-refractivity contribution in [3.05, 3.63) is 18.2 Å². The van der Waals surface area contributed by atoms with Gasteiger partial charge in [-0.05, 0) is 12.1 Å². The zero-order valence-electron chi connectivity index (χ0n) is 10.7. The van der Waals surface area contributed by atoms with Crippen LogP contribution in [0.5, 0.6) is 5.75 Å². The third-order valence-corrected chi connectivity index (χ3v) is 2.45. The molecular formula is C12H16N4O3. The van der Waals surface area contributed by atoms with Crippen molar-refractivity contribution >= 4 is 11.4 Å². The van der Waals surface area contributed by atoms with Gasteiger partial charge in [-0.15, -0.1) is 5.11 Å². The second kappa shape index (κ2) is 8.02. The summed E-state index contributed by atoms with van der Waals surface area (Å²) in [5.74, 6) is 0.538. The average Bonchev–Trinajstić information content (AvgIpc) is 2.44. The van der Waals surface area contributed by atoms with Crippen LogP contribution < -0.4 is 9.64 Å². The summed E-state index contributed by atoms with van der Waals surface area (Å²) in [5, 5.41) is 33.3. The van der Waals surface area contributed by atoms with Gasteiger partial charge < -0.3 is 19.8 Å². The fraction of sp³-hybridized carbons (Fsp3) is 0.417. The first-order chi connectivity index (χ1) is 9.26. The number of anilines is 1. The van der Waals surface area contributed by atoms with E-state index in [2.05, 4.69) is 10.2 Å². The topological polar surface area (TPSA) is 101 Å². The number of nitriles is 1. The standard InChI is InChI=1S/C12H16N4O3/c1-19-12-8-10(15-14-9-13)2-3-11(12)16(4-6-17)5-7-18/h2-3,8,17-18H,4-7H2,1H3/b15-14+. The molecular weight excluding hydrogens is 248 g/mol. The van der Waals surface area contributed by atoms with E-state index >= 15 is 0 Å². The van der Waals surface area contributed by atoms with Crippen molar-refractivity contribution in [1.82, 2.24) is 0 Å². The van der Waals surface area contributed by atoms with E-state index < -0.39 is 0 Å². The number of benzene rings is 1. The van der Waals surface area contributed by atoms with E-state index in [1.54, 1.807) is 29.3 Å². The van der Waals surface area contributed by atoms with Gasteiger partial charge in [0, 0.05) is 19.2 Å². The molecule has 7 nitrogen and oxygen atoms in total. The van der Waals surface area contributed by atoms with Crippen LogP contribution in [0.2, 0.25) is 0 Å². The van der Waals surface area contributed by atoms with Gasteiger partial charge in [0.25, 0.3) is 0 Å². The summed E-state index contributed by atoms with van der Waals surface area (Å²) in [6, 6.07) is 5.06. The molecule has 0 atom stereocenters. The maximum Gasteiger partial charge on any atom is 0.226 e. The van der Waals surface area contributed by atoms with Gasteiger partial charge in [-0.3, -0.25) is 0 Å². The monoisotopic (exact) mass is 264 g/mol. The predicted octanol–water partition coefficient (Wildman–Crippen LogP) is 1.05. The molecule has 0 bridgehead atoms. The van der Waals surface area contributed by atoms with Gasteiger partial charge in [-0.2, -0.15) is 5.26 Å². The minimum Gasteiger partial charge on any atom is -0.495 e. The molecule has 0 saturated carbocycles. The Morgan fingerprint density at radius 3 is 2.53 bits per heavy atom. The number of aliphatic hydroxyl groups is 2. The molecule has 0 amide bonds. The van der Waals surface area contributed by atoms with Crippen molar-refractivity contribution in [2.45, 2.75) is 0 Å². The maximum atomic E-state index is 9.03. The average molecular weight is 264 g/mol. The smallest absolute Gasteiger partial charge is 0.226 e. The van der Waals surface area contributed by atoms with Crippen LogP contribution in [0.3, 0.4) is 0 Å². The number of hydrogen-bond acceptors (Lipinski definition) is 7. The fourth-order valence-electron chi connectivity index (χ4n) is 1.66. The molecule has 0 unspecified atom stereocenters. The van der Waals surface area contributed by atoms with Crippen LogP contribution in [0.1, 0.15) is 0 Å². The van der Waals surface area contributed by atoms with Gasteiger partial charge in [0.15, 0.2) is 0 Å². The molecule has 0 radical (unpaired) electrons. The number of ether oxygens (including phenoxy) is 1. The van der Waals surface area contributed by atoms with Crippen LogP contribution in [0.15, 0.2) is 28.4 Å². The lowest BCUT2D eigenvalue weighted by Gasteiger charge is -2.24. The van der Waals surface area contributed by atoms with E-state index in [1.807, 2.05) is 0 Å². The minimum atomic E-state index is -0.0287. The number of rotatable bonds is 7. The van der Waals surface area contributed by atoms with Gasteiger partial charge >= 0.3 is 0 Å². The molecule has 0 spiro atoms. The Morgan fingerprint density at radius 1 is 1.32 bits per heavy atom. The van der Waals surface area contributed by atoms with Crippen molar-refractivity contribution in [1.29, 1.82) is 5.26 Å². The Morgan fingerprint density at radius 2 is 2.00 bits per heavy atom. The van der Waals surface area contributed by atoms with Crippen LogP contribution >= 0.6 is 0 Å². The second-order valence-electron chi connectivity index (χ2n) is 3.59. The third kappa shape index (κ3) is 4.21. The van der Waals surface area contributed by atoms with E-state index in [9.17, 15) is 0 Å². The SMILES string of the molecule is COc1cc(/N=N/C#N)ccc1N(CCO)CCO. The Balaban J connectivity index is 3.05. The maximum absolute atomic E-state index is 9.03. The molecule has 0 aliphatic rings. The van der Waals surface area contributed by atoms with Crippen molar-refractivity contribution in [3.8, 4) is 11.9 Å². The summed E-state index contributed by atoms with van der Waals surface area (Å²) in [5.41, 5.74) is 1.23. The number of hydrogen-bond donors (Lipinski definition) is 2. The van der Waals surface area contributed by atoms with Crippen LogP contribution in [0.4, 0.5) is 11.4 Å². The first-order valence-electron chi connectivity index (χ1n) is 5.71. The van der Waals surface area contributed by atoms with E-state index in [-0.39, 0.29) is 13.2 Å². The molecule has 1 aromatic rings. The summed E-state index contributed by atoms with van der Waals surface area (Å²) in [6.07, 6.45) is 1.57. The van der Waals surface area contributed by atoms with Crippen molar-refractivity contribution in [3.63, 3.8) is 0 Å². The van der Waals surface area contributed by atoms with Crippen LogP contribution in [-0.2, 0) is 0 Å². The van der Waals surface area contributed by atoms with Gasteiger partial charge in [-0.25, -0.2) is 0 Å². The first kappa shape index (κ1) is 14.9. The molecule has 0 heterocycles. The van der Waals surface area contributed by atoms with Gasteiger partial charge in [0.1, 0.15) is 5.75 Å². The van der Waals surface area contributed by atoms with Gasteiger partial charge in [-0.1, -0.05) is 5.11 Å². The molecule has 0 saturated heterocycles.